The number of fused-ring (bicyclic) bond motifs is 8. The van der Waals surface area contributed by atoms with Crippen molar-refractivity contribution in [1.29, 1.82) is 0 Å². The van der Waals surface area contributed by atoms with Gasteiger partial charge in [-0.05, 0) is 105 Å². The van der Waals surface area contributed by atoms with E-state index in [1.54, 1.807) is 0 Å². The molecular weight excluding hydrogens is 602 g/mol. The maximum absolute atomic E-state index is 12.7. The van der Waals surface area contributed by atoms with Crippen molar-refractivity contribution < 1.29 is 19.8 Å². The summed E-state index contributed by atoms with van der Waals surface area (Å²) in [5.74, 6) is -2.12. The van der Waals surface area contributed by atoms with Crippen molar-refractivity contribution in [2.24, 2.45) is 0 Å². The minimum absolute atomic E-state index is 0.00196. The quantitative estimate of drug-likeness (QED) is 0.116. The molecule has 0 aromatic carbocycles. The van der Waals surface area contributed by atoms with Gasteiger partial charge in [-0.2, -0.15) is 0 Å². The maximum Gasteiger partial charge on any atom is 0.338 e. The molecule has 0 fully saturated rings. The van der Waals surface area contributed by atoms with E-state index in [9.17, 15) is 19.8 Å². The fraction of sp³-hybridized carbons (Fsp3) is 0.487. The van der Waals surface area contributed by atoms with Gasteiger partial charge in [0.05, 0.1) is 22.5 Å². The number of hydrogen-bond donors (Lipinski definition) is 5. The zero-order valence-electron chi connectivity index (χ0n) is 29.6. The Hall–Kier alpha value is -4.24. The number of hydrogen-bond acceptors (Lipinski definition) is 5. The number of carboxylic acid groups (broad SMARTS) is 2. The fourth-order valence-electron chi connectivity index (χ4n) is 7.39. The van der Waals surface area contributed by atoms with Gasteiger partial charge in [-0.3, -0.25) is 9.78 Å². The van der Waals surface area contributed by atoms with Gasteiger partial charge < -0.3 is 25.5 Å². The summed E-state index contributed by atoms with van der Waals surface area (Å²) in [4.78, 5) is 41.7. The number of nitrogens with zero attached hydrogens (tertiary/aromatic N) is 2. The van der Waals surface area contributed by atoms with Crippen LogP contribution in [0.15, 0.2) is 18.2 Å². The van der Waals surface area contributed by atoms with Crippen LogP contribution in [0.1, 0.15) is 146 Å². The smallest absolute Gasteiger partial charge is 0.338 e. The summed E-state index contributed by atoms with van der Waals surface area (Å²) in [6.45, 7) is 16.1. The van der Waals surface area contributed by atoms with Gasteiger partial charge in [0.2, 0.25) is 0 Å². The normalized spacial score (nSPS) is 16.1. The highest BCUT2D eigenvalue weighted by molar-refractivity contribution is 6.02. The second kappa shape index (κ2) is 14.9. The van der Waals surface area contributed by atoms with E-state index in [-0.39, 0.29) is 23.8 Å². The van der Waals surface area contributed by atoms with Crippen LogP contribution >= 0.6 is 0 Å². The molecule has 0 saturated carbocycles. The van der Waals surface area contributed by atoms with Gasteiger partial charge >= 0.3 is 11.9 Å². The minimum Gasteiger partial charge on any atom is -0.481 e. The van der Waals surface area contributed by atoms with Gasteiger partial charge in [0, 0.05) is 52.7 Å². The number of aromatic amines is 2. The van der Waals surface area contributed by atoms with Crippen LogP contribution < -0.4 is 5.32 Å². The van der Waals surface area contributed by atoms with Gasteiger partial charge in [0.1, 0.15) is 0 Å². The summed E-state index contributed by atoms with van der Waals surface area (Å²) >= 11 is 0. The SMILES string of the molecule is CCCCCCCNCc1c(C)c2cc3nc(c(C)c4[nH]c(cc5nc(cc1[nH]2)C(C)=C5CC)c(C)c4C(=O)O)[C@@H](CCC(=O)O)[C@@H]3C. The Kier molecular flexibility index (Phi) is 10.9. The average molecular weight is 654 g/mol. The van der Waals surface area contributed by atoms with Gasteiger partial charge in [-0.15, -0.1) is 0 Å². The standard InChI is InChI=1S/C39H51N5O4/c1-8-10-11-12-13-16-40-20-28-23(5)29-17-31-22(4)27(14-15-35(45)46)37(43-31)25(7)38-36(39(47)48)24(6)32(44-38)19-33-26(9-2)21(3)30(41-33)18-34(28)42-29/h17-19,22,27,40,42,44H,8-16,20H2,1-7H3,(H,45,46)(H,47,48)/t22-,27-/m0/s1. The lowest BCUT2D eigenvalue weighted by Gasteiger charge is -2.16. The monoisotopic (exact) mass is 653 g/mol. The Labute approximate surface area is 283 Å². The van der Waals surface area contributed by atoms with E-state index < -0.39 is 11.9 Å². The second-order valence-corrected chi connectivity index (χ2v) is 13.5. The molecule has 2 atom stereocenters. The number of carbonyl (C=O) groups is 2. The van der Waals surface area contributed by atoms with Crippen LogP contribution in [-0.4, -0.2) is 48.6 Å². The number of unbranched alkanes of at least 4 members (excludes halogenated alkanes) is 4. The molecule has 2 aliphatic rings. The predicted octanol–water partition coefficient (Wildman–Crippen LogP) is 9.09. The summed E-state index contributed by atoms with van der Waals surface area (Å²) in [5.41, 5.74) is 12.6. The van der Waals surface area contributed by atoms with E-state index in [0.29, 0.717) is 23.0 Å². The maximum atomic E-state index is 12.7. The number of aliphatic carboxylic acids is 1. The molecule has 0 unspecified atom stereocenters. The molecule has 9 nitrogen and oxygen atoms in total. The molecule has 3 aromatic heterocycles. The molecule has 5 N–H and O–H groups in total. The van der Waals surface area contributed by atoms with Gasteiger partial charge in [0.15, 0.2) is 0 Å². The molecule has 0 spiro atoms. The number of carboxylic acids is 2. The summed E-state index contributed by atoms with van der Waals surface area (Å²) in [6, 6.07) is 6.20. The lowest BCUT2D eigenvalue weighted by atomic mass is 9.86. The molecule has 9 heteroatoms. The highest BCUT2D eigenvalue weighted by Crippen LogP contribution is 2.42. The van der Waals surface area contributed by atoms with E-state index in [2.05, 4.69) is 62.0 Å². The third-order valence-electron chi connectivity index (χ3n) is 10.4. The molecule has 48 heavy (non-hydrogen) atoms. The van der Waals surface area contributed by atoms with E-state index in [0.717, 1.165) is 82.0 Å². The van der Waals surface area contributed by atoms with Crippen molar-refractivity contribution >= 4 is 45.2 Å². The number of H-pyrrole nitrogens is 2. The van der Waals surface area contributed by atoms with Crippen LogP contribution in [0.3, 0.4) is 0 Å². The van der Waals surface area contributed by atoms with E-state index >= 15 is 0 Å². The second-order valence-electron chi connectivity index (χ2n) is 13.5. The molecule has 256 valence electrons. The van der Waals surface area contributed by atoms with E-state index in [1.165, 1.54) is 31.2 Å². The number of nitrogens with one attached hydrogen (secondary N) is 3. The van der Waals surface area contributed by atoms with Crippen molar-refractivity contribution in [2.75, 3.05) is 6.54 Å². The zero-order valence-corrected chi connectivity index (χ0v) is 29.6. The number of allylic oxidation sites excluding steroid dienone is 2. The third kappa shape index (κ3) is 6.97. The van der Waals surface area contributed by atoms with Gasteiger partial charge in [-0.1, -0.05) is 46.5 Å². The Bertz CT molecular complexity index is 1910. The van der Waals surface area contributed by atoms with Crippen LogP contribution in [0.25, 0.3) is 33.2 Å². The van der Waals surface area contributed by atoms with Crippen LogP contribution in [0, 0.1) is 20.8 Å². The van der Waals surface area contributed by atoms with Crippen molar-refractivity contribution in [3.63, 3.8) is 0 Å². The third-order valence-corrected chi connectivity index (χ3v) is 10.4. The van der Waals surface area contributed by atoms with Crippen LogP contribution in [0.2, 0.25) is 0 Å². The topological polar surface area (TPSA) is 144 Å². The average Bonchev–Trinajstić information content (AvgIpc) is 3.72. The van der Waals surface area contributed by atoms with Crippen LogP contribution in [0.4, 0.5) is 0 Å². The van der Waals surface area contributed by atoms with Gasteiger partial charge in [-0.25, -0.2) is 9.78 Å². The van der Waals surface area contributed by atoms with Crippen molar-refractivity contribution in [1.82, 2.24) is 25.3 Å². The Morgan fingerprint density at radius 2 is 1.56 bits per heavy atom. The first kappa shape index (κ1) is 35.1. The minimum atomic E-state index is -1.02. The Morgan fingerprint density at radius 3 is 2.25 bits per heavy atom. The van der Waals surface area contributed by atoms with Crippen LogP contribution in [0.5, 0.6) is 0 Å². The molecule has 3 aromatic rings. The molecule has 0 saturated heterocycles. The molecule has 5 heterocycles. The summed E-state index contributed by atoms with van der Waals surface area (Å²) in [5, 5.41) is 23.7. The largest absolute Gasteiger partial charge is 0.481 e. The summed E-state index contributed by atoms with van der Waals surface area (Å²) < 4.78 is 0. The van der Waals surface area contributed by atoms with Crippen molar-refractivity contribution in [3.05, 3.63) is 68.8 Å². The van der Waals surface area contributed by atoms with Crippen molar-refractivity contribution in [2.45, 2.75) is 118 Å². The van der Waals surface area contributed by atoms with E-state index in [1.807, 2.05) is 19.9 Å². The highest BCUT2D eigenvalue weighted by Gasteiger charge is 2.32. The van der Waals surface area contributed by atoms with Crippen LogP contribution in [-0.2, 0) is 11.3 Å². The zero-order chi connectivity index (χ0) is 34.7. The molecule has 8 bridgehead atoms. The number of aromatic carboxylic acids is 1. The van der Waals surface area contributed by atoms with Crippen molar-refractivity contribution in [3.8, 4) is 0 Å². The Morgan fingerprint density at radius 1 is 0.854 bits per heavy atom. The first-order valence-electron chi connectivity index (χ1n) is 17.6. The molecule has 2 aliphatic heterocycles. The number of aryl methyl sites for hydroxylation is 3. The first-order valence-corrected chi connectivity index (χ1v) is 17.6. The fourth-order valence-corrected chi connectivity index (χ4v) is 7.39. The molecule has 5 rings (SSSR count). The highest BCUT2D eigenvalue weighted by atomic mass is 16.4. The summed E-state index contributed by atoms with van der Waals surface area (Å²) in [7, 11) is 0. The lowest BCUT2D eigenvalue weighted by Crippen LogP contribution is -2.15. The Balaban J connectivity index is 1.79. The summed E-state index contributed by atoms with van der Waals surface area (Å²) in [6.07, 6.45) is 7.35. The number of aromatic nitrogens is 4. The number of rotatable bonds is 13. The first-order chi connectivity index (χ1) is 23.0. The van der Waals surface area contributed by atoms with Gasteiger partial charge in [0.25, 0.3) is 0 Å². The molecule has 0 aliphatic carbocycles. The molecule has 0 radical (unpaired) electrons. The molecular formula is C39H51N5O4. The lowest BCUT2D eigenvalue weighted by molar-refractivity contribution is -0.137. The van der Waals surface area contributed by atoms with E-state index in [4.69, 9.17) is 9.97 Å². The predicted molar refractivity (Wildman–Crippen MR) is 193 cm³/mol. The molecule has 0 amide bonds.